The van der Waals surface area contributed by atoms with Crippen LogP contribution in [0.4, 0.5) is 0 Å². The molecule has 0 fully saturated rings. The fourth-order valence-corrected chi connectivity index (χ4v) is 1.56. The quantitative estimate of drug-likeness (QED) is 0.251. The van der Waals surface area contributed by atoms with Gasteiger partial charge in [0.15, 0.2) is 0 Å². The standard InChI is InChI=1S/C11H21N3O2/c12-14-13-10-8-6-4-2-1-3-5-7-9-11(15)16/h1-10H2,(H,15,16). The normalized spacial score (nSPS) is 9.75. The maximum absolute atomic E-state index is 10.2. The van der Waals surface area contributed by atoms with E-state index >= 15 is 0 Å². The van der Waals surface area contributed by atoms with Crippen molar-refractivity contribution in [1.29, 1.82) is 0 Å². The number of carboxylic acid groups (broad SMARTS) is 1. The van der Waals surface area contributed by atoms with Gasteiger partial charge in [0.05, 0.1) is 0 Å². The van der Waals surface area contributed by atoms with Gasteiger partial charge in [-0.2, -0.15) is 0 Å². The first kappa shape index (κ1) is 14.8. The van der Waals surface area contributed by atoms with Gasteiger partial charge in [-0.05, 0) is 18.4 Å². The number of aliphatic carboxylic acids is 1. The molecule has 0 aliphatic heterocycles. The Labute approximate surface area is 96.5 Å². The summed E-state index contributed by atoms with van der Waals surface area (Å²) in [5, 5.41) is 11.9. The molecule has 0 bridgehead atoms. The molecule has 0 amide bonds. The van der Waals surface area contributed by atoms with Gasteiger partial charge in [-0.1, -0.05) is 43.6 Å². The Morgan fingerprint density at radius 2 is 1.50 bits per heavy atom. The van der Waals surface area contributed by atoms with Gasteiger partial charge in [-0.3, -0.25) is 4.79 Å². The van der Waals surface area contributed by atoms with Crippen molar-refractivity contribution in [3.8, 4) is 0 Å². The Morgan fingerprint density at radius 3 is 2.00 bits per heavy atom. The number of hydrogen-bond acceptors (Lipinski definition) is 2. The van der Waals surface area contributed by atoms with Crippen LogP contribution in [-0.2, 0) is 4.79 Å². The second-order valence-corrected chi connectivity index (χ2v) is 3.93. The summed E-state index contributed by atoms with van der Waals surface area (Å²) in [7, 11) is 0. The molecule has 0 aliphatic carbocycles. The highest BCUT2D eigenvalue weighted by Crippen LogP contribution is 2.09. The Bertz CT molecular complexity index is 215. The zero-order valence-electron chi connectivity index (χ0n) is 9.77. The van der Waals surface area contributed by atoms with Crippen molar-refractivity contribution in [3.05, 3.63) is 10.4 Å². The second-order valence-electron chi connectivity index (χ2n) is 3.93. The van der Waals surface area contributed by atoms with Crippen molar-refractivity contribution in [2.75, 3.05) is 6.54 Å². The molecule has 0 unspecified atom stereocenters. The number of carbonyl (C=O) groups is 1. The molecule has 16 heavy (non-hydrogen) atoms. The van der Waals surface area contributed by atoms with Gasteiger partial charge < -0.3 is 5.11 Å². The minimum atomic E-state index is -0.696. The van der Waals surface area contributed by atoms with E-state index in [4.69, 9.17) is 10.6 Å². The third-order valence-electron chi connectivity index (χ3n) is 2.46. The SMILES string of the molecule is [N-]=[N+]=NCCCCCCCCCCC(=O)O. The Kier molecular flexibility index (Phi) is 10.9. The molecular weight excluding hydrogens is 206 g/mol. The van der Waals surface area contributed by atoms with Crippen molar-refractivity contribution >= 4 is 5.97 Å². The van der Waals surface area contributed by atoms with Crippen molar-refractivity contribution in [2.45, 2.75) is 57.8 Å². The van der Waals surface area contributed by atoms with Crippen LogP contribution in [0.3, 0.4) is 0 Å². The highest BCUT2D eigenvalue weighted by atomic mass is 16.4. The molecular formula is C11H21N3O2. The Balaban J connectivity index is 2.98. The third kappa shape index (κ3) is 12.8. The lowest BCUT2D eigenvalue weighted by molar-refractivity contribution is -0.137. The molecule has 0 aliphatic rings. The fraction of sp³-hybridized carbons (Fsp3) is 0.909. The van der Waals surface area contributed by atoms with E-state index in [9.17, 15) is 4.79 Å². The van der Waals surface area contributed by atoms with Crippen LogP contribution in [0.25, 0.3) is 10.4 Å². The Morgan fingerprint density at radius 1 is 1.00 bits per heavy atom. The molecule has 0 saturated heterocycles. The summed E-state index contributed by atoms with van der Waals surface area (Å²) >= 11 is 0. The van der Waals surface area contributed by atoms with Gasteiger partial charge in [0.2, 0.25) is 0 Å². The zero-order chi connectivity index (χ0) is 12.1. The molecule has 5 nitrogen and oxygen atoms in total. The van der Waals surface area contributed by atoms with E-state index in [-0.39, 0.29) is 0 Å². The van der Waals surface area contributed by atoms with E-state index in [1.165, 1.54) is 19.3 Å². The monoisotopic (exact) mass is 227 g/mol. The average Bonchev–Trinajstić information content (AvgIpc) is 2.25. The topological polar surface area (TPSA) is 86.1 Å². The predicted octanol–water partition coefficient (Wildman–Crippen LogP) is 3.89. The van der Waals surface area contributed by atoms with E-state index in [0.29, 0.717) is 13.0 Å². The van der Waals surface area contributed by atoms with Crippen LogP contribution in [0.1, 0.15) is 57.8 Å². The maximum atomic E-state index is 10.2. The van der Waals surface area contributed by atoms with Crippen LogP contribution in [0.2, 0.25) is 0 Å². The van der Waals surface area contributed by atoms with Crippen molar-refractivity contribution < 1.29 is 9.90 Å². The smallest absolute Gasteiger partial charge is 0.303 e. The van der Waals surface area contributed by atoms with Crippen molar-refractivity contribution in [2.24, 2.45) is 5.11 Å². The molecule has 0 heterocycles. The zero-order valence-corrected chi connectivity index (χ0v) is 9.77. The van der Waals surface area contributed by atoms with Gasteiger partial charge in [0.1, 0.15) is 0 Å². The average molecular weight is 227 g/mol. The molecule has 0 spiro atoms. The lowest BCUT2D eigenvalue weighted by Crippen LogP contribution is -1.93. The van der Waals surface area contributed by atoms with Crippen molar-refractivity contribution in [3.63, 3.8) is 0 Å². The summed E-state index contributed by atoms with van der Waals surface area (Å²) in [5.41, 5.74) is 8.05. The summed E-state index contributed by atoms with van der Waals surface area (Å²) in [6.45, 7) is 0.606. The van der Waals surface area contributed by atoms with Gasteiger partial charge in [0.25, 0.3) is 0 Å². The van der Waals surface area contributed by atoms with Crippen LogP contribution < -0.4 is 0 Å². The van der Waals surface area contributed by atoms with E-state index in [2.05, 4.69) is 10.0 Å². The predicted molar refractivity (Wildman–Crippen MR) is 63.2 cm³/mol. The first-order valence-corrected chi connectivity index (χ1v) is 6.00. The van der Waals surface area contributed by atoms with Crippen LogP contribution in [0, 0.1) is 0 Å². The molecule has 0 aromatic carbocycles. The Hall–Kier alpha value is -1.22. The van der Waals surface area contributed by atoms with E-state index < -0.39 is 5.97 Å². The summed E-state index contributed by atoms with van der Waals surface area (Å²) < 4.78 is 0. The number of nitrogens with zero attached hydrogens (tertiary/aromatic N) is 3. The highest BCUT2D eigenvalue weighted by molar-refractivity contribution is 5.66. The minimum Gasteiger partial charge on any atom is -0.481 e. The van der Waals surface area contributed by atoms with Crippen LogP contribution in [0.5, 0.6) is 0 Å². The van der Waals surface area contributed by atoms with E-state index in [1.54, 1.807) is 0 Å². The van der Waals surface area contributed by atoms with Crippen LogP contribution in [-0.4, -0.2) is 17.6 Å². The molecule has 0 aromatic rings. The summed E-state index contributed by atoms with van der Waals surface area (Å²) in [5.74, 6) is -0.696. The molecule has 0 aromatic heterocycles. The van der Waals surface area contributed by atoms with Crippen LogP contribution >= 0.6 is 0 Å². The largest absolute Gasteiger partial charge is 0.481 e. The molecule has 1 N–H and O–H groups in total. The molecule has 0 atom stereocenters. The number of hydrogen-bond donors (Lipinski definition) is 1. The fourth-order valence-electron chi connectivity index (χ4n) is 1.56. The molecule has 5 heteroatoms. The van der Waals surface area contributed by atoms with Gasteiger partial charge >= 0.3 is 5.97 Å². The second kappa shape index (κ2) is 11.9. The summed E-state index contributed by atoms with van der Waals surface area (Å²) in [6.07, 6.45) is 8.90. The minimum absolute atomic E-state index is 0.298. The highest BCUT2D eigenvalue weighted by Gasteiger charge is 1.96. The first-order valence-electron chi connectivity index (χ1n) is 6.00. The molecule has 92 valence electrons. The number of unbranched alkanes of at least 4 members (excludes halogenated alkanes) is 7. The van der Waals surface area contributed by atoms with Gasteiger partial charge in [-0.15, -0.1) is 0 Å². The van der Waals surface area contributed by atoms with E-state index in [0.717, 1.165) is 32.1 Å². The first-order chi connectivity index (χ1) is 7.77. The maximum Gasteiger partial charge on any atom is 0.303 e. The van der Waals surface area contributed by atoms with Gasteiger partial charge in [-0.25, -0.2) is 0 Å². The number of carboxylic acids is 1. The summed E-state index contributed by atoms with van der Waals surface area (Å²) in [6, 6.07) is 0. The molecule has 0 saturated carbocycles. The molecule has 0 radical (unpaired) electrons. The molecule has 0 rings (SSSR count). The number of rotatable bonds is 11. The van der Waals surface area contributed by atoms with Crippen molar-refractivity contribution in [1.82, 2.24) is 0 Å². The lowest BCUT2D eigenvalue weighted by Gasteiger charge is -2.00. The number of azide groups is 1. The third-order valence-corrected chi connectivity index (χ3v) is 2.46. The van der Waals surface area contributed by atoms with Crippen LogP contribution in [0.15, 0.2) is 5.11 Å². The summed E-state index contributed by atoms with van der Waals surface area (Å²) in [4.78, 5) is 12.9. The lowest BCUT2D eigenvalue weighted by atomic mass is 10.1. The van der Waals surface area contributed by atoms with Gasteiger partial charge in [0, 0.05) is 17.9 Å². The van der Waals surface area contributed by atoms with E-state index in [1.807, 2.05) is 0 Å².